The molecule has 4 nitrogen and oxygen atoms in total. The molecule has 0 radical (unpaired) electrons. The van der Waals surface area contributed by atoms with E-state index < -0.39 is 29.1 Å². The van der Waals surface area contributed by atoms with Gasteiger partial charge in [-0.2, -0.15) is 13.2 Å². The molecular weight excluding hydrogens is 365 g/mol. The van der Waals surface area contributed by atoms with Gasteiger partial charge in [-0.05, 0) is 25.3 Å². The van der Waals surface area contributed by atoms with Crippen molar-refractivity contribution < 1.29 is 23.1 Å². The third-order valence-corrected chi connectivity index (χ3v) is 5.83. The molecule has 1 fully saturated rings. The van der Waals surface area contributed by atoms with Crippen LogP contribution >= 0.6 is 11.3 Å². The number of benzene rings is 1. The number of aromatic nitrogens is 1. The minimum atomic E-state index is -4.99. The molecule has 1 atom stereocenters. The number of nitrogens with zero attached hydrogens (tertiary/aromatic N) is 1. The van der Waals surface area contributed by atoms with E-state index in [2.05, 4.69) is 10.3 Å². The number of rotatable bonds is 6. The number of aliphatic hydroxyl groups is 1. The number of nitrogens with one attached hydrogen (secondary N) is 1. The van der Waals surface area contributed by atoms with Crippen LogP contribution in [0.15, 0.2) is 35.7 Å². The predicted octanol–water partition coefficient (Wildman–Crippen LogP) is 3.44. The lowest BCUT2D eigenvalue weighted by Gasteiger charge is -2.28. The molecule has 8 heteroatoms. The summed E-state index contributed by atoms with van der Waals surface area (Å²) in [5, 5.41) is 13.7. The molecular formula is C18H19F3N2O2S. The Hall–Kier alpha value is -1.93. The van der Waals surface area contributed by atoms with E-state index in [9.17, 15) is 23.1 Å². The first-order valence-corrected chi connectivity index (χ1v) is 9.08. The van der Waals surface area contributed by atoms with Crippen molar-refractivity contribution >= 4 is 17.2 Å². The van der Waals surface area contributed by atoms with Crippen molar-refractivity contribution in [3.05, 3.63) is 52.0 Å². The zero-order valence-electron chi connectivity index (χ0n) is 14.1. The third-order valence-electron chi connectivity index (χ3n) is 4.72. The smallest absolute Gasteiger partial charge is 0.374 e. The van der Waals surface area contributed by atoms with Crippen molar-refractivity contribution in [1.82, 2.24) is 10.3 Å². The first-order chi connectivity index (χ1) is 12.2. The Balaban J connectivity index is 1.70. The number of aryl methyl sites for hydroxylation is 1. The maximum Gasteiger partial charge on any atom is 0.424 e. The van der Waals surface area contributed by atoms with Crippen molar-refractivity contribution in [3.8, 4) is 0 Å². The zero-order valence-corrected chi connectivity index (χ0v) is 15.0. The van der Waals surface area contributed by atoms with Crippen molar-refractivity contribution in [2.75, 3.05) is 6.54 Å². The molecule has 1 heterocycles. The molecule has 0 aliphatic heterocycles. The number of hydrogen-bond donors (Lipinski definition) is 2. The highest BCUT2D eigenvalue weighted by atomic mass is 32.1. The molecule has 1 aliphatic rings. The Morgan fingerprint density at radius 1 is 1.31 bits per heavy atom. The molecule has 140 valence electrons. The van der Waals surface area contributed by atoms with Gasteiger partial charge in [0.15, 0.2) is 0 Å². The number of alkyl halides is 3. The molecule has 1 saturated carbocycles. The summed E-state index contributed by atoms with van der Waals surface area (Å²) in [5.74, 6) is -0.847. The first-order valence-electron chi connectivity index (χ1n) is 8.20. The van der Waals surface area contributed by atoms with E-state index in [1.54, 1.807) is 0 Å². The Morgan fingerprint density at radius 3 is 2.46 bits per heavy atom. The second kappa shape index (κ2) is 6.66. The molecule has 1 aromatic carbocycles. The average Bonchev–Trinajstić information content (AvgIpc) is 3.26. The van der Waals surface area contributed by atoms with Gasteiger partial charge >= 0.3 is 6.18 Å². The highest BCUT2D eigenvalue weighted by molar-refractivity contribution is 7.09. The summed E-state index contributed by atoms with van der Waals surface area (Å²) in [5.41, 5.74) is -2.07. The normalized spacial score (nSPS) is 18.2. The molecule has 2 N–H and O–H groups in total. The maximum atomic E-state index is 13.4. The summed E-state index contributed by atoms with van der Waals surface area (Å²) >= 11 is 0.697. The number of hydrogen-bond acceptors (Lipinski definition) is 4. The van der Waals surface area contributed by atoms with Crippen molar-refractivity contribution in [3.63, 3.8) is 0 Å². The van der Waals surface area contributed by atoms with Gasteiger partial charge in [0, 0.05) is 23.0 Å². The standard InChI is InChI=1S/C18H19F3N2O2S/c1-12-10-26-15(23-12)17(25,18(19,20)21)9-14(24)22-11-16(7-8-16)13-5-3-2-4-6-13/h2-6,10,25H,7-9,11H2,1H3,(H,22,24)/t17-/m1/s1. The number of thiazole rings is 1. The van der Waals surface area contributed by atoms with E-state index in [-0.39, 0.29) is 12.0 Å². The molecule has 0 saturated heterocycles. The number of amides is 1. The molecule has 1 aromatic heterocycles. The lowest BCUT2D eigenvalue weighted by molar-refractivity contribution is -0.267. The molecule has 1 aliphatic carbocycles. The van der Waals surface area contributed by atoms with Crippen LogP contribution in [0.2, 0.25) is 0 Å². The van der Waals surface area contributed by atoms with Crippen molar-refractivity contribution in [2.45, 2.75) is 43.4 Å². The fourth-order valence-corrected chi connectivity index (χ4v) is 3.83. The minimum Gasteiger partial charge on any atom is -0.374 e. The van der Waals surface area contributed by atoms with Gasteiger partial charge in [-0.15, -0.1) is 11.3 Å². The Labute approximate surface area is 153 Å². The average molecular weight is 384 g/mol. The number of carbonyl (C=O) groups excluding carboxylic acids is 1. The summed E-state index contributed by atoms with van der Waals surface area (Å²) in [4.78, 5) is 15.9. The SMILES string of the molecule is Cc1csc([C@](O)(CC(=O)NCC2(c3ccccc3)CC2)C(F)(F)F)n1. The second-order valence-electron chi connectivity index (χ2n) is 6.75. The summed E-state index contributed by atoms with van der Waals surface area (Å²) in [6, 6.07) is 9.57. The highest BCUT2D eigenvalue weighted by Crippen LogP contribution is 2.48. The van der Waals surface area contributed by atoms with Crippen LogP contribution in [0.4, 0.5) is 13.2 Å². The topological polar surface area (TPSA) is 62.2 Å². The largest absolute Gasteiger partial charge is 0.424 e. The lowest BCUT2D eigenvalue weighted by atomic mass is 9.95. The van der Waals surface area contributed by atoms with Gasteiger partial charge in [0.25, 0.3) is 0 Å². The van der Waals surface area contributed by atoms with Gasteiger partial charge in [0.1, 0.15) is 5.01 Å². The summed E-state index contributed by atoms with van der Waals surface area (Å²) in [6.45, 7) is 1.79. The molecule has 1 amide bonds. The van der Waals surface area contributed by atoms with Crippen LogP contribution in [0.25, 0.3) is 0 Å². The first kappa shape index (κ1) is 18.8. The van der Waals surface area contributed by atoms with Crippen molar-refractivity contribution in [1.29, 1.82) is 0 Å². The predicted molar refractivity (Wildman–Crippen MR) is 91.8 cm³/mol. The Bertz CT molecular complexity index is 787. The van der Waals surface area contributed by atoms with E-state index in [0.29, 0.717) is 17.0 Å². The summed E-state index contributed by atoms with van der Waals surface area (Å²) < 4.78 is 40.3. The third kappa shape index (κ3) is 3.61. The van der Waals surface area contributed by atoms with Crippen LogP contribution < -0.4 is 5.32 Å². The molecule has 0 bridgehead atoms. The number of halogens is 3. The number of carbonyl (C=O) groups is 1. The van der Waals surface area contributed by atoms with Gasteiger partial charge in [-0.3, -0.25) is 4.79 Å². The fourth-order valence-electron chi connectivity index (χ4n) is 2.91. The van der Waals surface area contributed by atoms with Gasteiger partial charge in [0.05, 0.1) is 6.42 Å². The second-order valence-corrected chi connectivity index (χ2v) is 7.61. The molecule has 0 unspecified atom stereocenters. The Morgan fingerprint density at radius 2 is 1.96 bits per heavy atom. The van der Waals surface area contributed by atoms with Gasteiger partial charge in [-0.1, -0.05) is 30.3 Å². The van der Waals surface area contributed by atoms with Crippen LogP contribution in [0.3, 0.4) is 0 Å². The molecule has 26 heavy (non-hydrogen) atoms. The molecule has 3 rings (SSSR count). The molecule has 2 aromatic rings. The van der Waals surface area contributed by atoms with Crippen LogP contribution in [0.1, 0.15) is 35.5 Å². The van der Waals surface area contributed by atoms with Crippen LogP contribution in [0, 0.1) is 6.92 Å². The van der Waals surface area contributed by atoms with Crippen molar-refractivity contribution in [2.24, 2.45) is 0 Å². The van der Waals surface area contributed by atoms with Gasteiger partial charge in [0.2, 0.25) is 11.5 Å². The maximum absolute atomic E-state index is 13.4. The van der Waals surface area contributed by atoms with E-state index in [1.807, 2.05) is 30.3 Å². The van der Waals surface area contributed by atoms with E-state index in [4.69, 9.17) is 0 Å². The van der Waals surface area contributed by atoms with E-state index in [0.717, 1.165) is 18.4 Å². The van der Waals surface area contributed by atoms with Crippen LogP contribution in [0.5, 0.6) is 0 Å². The van der Waals surface area contributed by atoms with E-state index in [1.165, 1.54) is 12.3 Å². The highest BCUT2D eigenvalue weighted by Gasteiger charge is 2.58. The van der Waals surface area contributed by atoms with Crippen LogP contribution in [-0.2, 0) is 15.8 Å². The van der Waals surface area contributed by atoms with Gasteiger partial charge < -0.3 is 10.4 Å². The van der Waals surface area contributed by atoms with Gasteiger partial charge in [-0.25, -0.2) is 4.98 Å². The molecule has 0 spiro atoms. The lowest BCUT2D eigenvalue weighted by Crippen LogP contribution is -2.47. The fraction of sp³-hybridized carbons (Fsp3) is 0.444. The summed E-state index contributed by atoms with van der Waals surface area (Å²) in [6.07, 6.45) is -4.36. The van der Waals surface area contributed by atoms with Crippen LogP contribution in [-0.4, -0.2) is 28.7 Å². The monoisotopic (exact) mass is 384 g/mol. The quantitative estimate of drug-likeness (QED) is 0.802. The Kier molecular flexibility index (Phi) is 4.83. The zero-order chi connectivity index (χ0) is 19.0. The minimum absolute atomic E-state index is 0.217. The summed E-state index contributed by atoms with van der Waals surface area (Å²) in [7, 11) is 0. The van der Waals surface area contributed by atoms with E-state index >= 15 is 0 Å².